The highest BCUT2D eigenvalue weighted by molar-refractivity contribution is 5.28. The van der Waals surface area contributed by atoms with E-state index in [1.807, 2.05) is 0 Å². The van der Waals surface area contributed by atoms with Crippen LogP contribution < -0.4 is 0 Å². The van der Waals surface area contributed by atoms with Crippen LogP contribution in [0, 0.1) is 0 Å². The number of aromatic hydroxyl groups is 1. The van der Waals surface area contributed by atoms with Crippen molar-refractivity contribution in [3.05, 3.63) is 42.5 Å². The topological polar surface area (TPSA) is 40.5 Å². The first kappa shape index (κ1) is 8.81. The number of benzene rings is 1. The Morgan fingerprint density at radius 3 is 2.83 bits per heavy atom. The molecule has 0 heterocycles. The lowest BCUT2D eigenvalue weighted by Gasteiger charge is -2.07. The highest BCUT2D eigenvalue weighted by Gasteiger charge is 2.04. The Hall–Kier alpha value is -1.28. The maximum absolute atomic E-state index is 9.46. The second kappa shape index (κ2) is 3.93. The minimum absolute atomic E-state index is 0.176. The van der Waals surface area contributed by atoms with Gasteiger partial charge in [0.25, 0.3) is 0 Å². The highest BCUT2D eigenvalue weighted by atomic mass is 16.3. The number of aliphatic hydroxyl groups excluding tert-OH is 1. The molecule has 1 aromatic rings. The van der Waals surface area contributed by atoms with Gasteiger partial charge in [0.1, 0.15) is 5.75 Å². The summed E-state index contributed by atoms with van der Waals surface area (Å²) in [5, 5.41) is 18.6. The van der Waals surface area contributed by atoms with Gasteiger partial charge in [0, 0.05) is 0 Å². The van der Waals surface area contributed by atoms with Gasteiger partial charge in [-0.3, -0.25) is 0 Å². The Balaban J connectivity index is 2.80. The van der Waals surface area contributed by atoms with E-state index >= 15 is 0 Å². The molecule has 1 atom stereocenters. The zero-order chi connectivity index (χ0) is 8.97. The summed E-state index contributed by atoms with van der Waals surface area (Å²) in [6.45, 7) is 3.53. The average Bonchev–Trinajstić information content (AvgIpc) is 2.05. The van der Waals surface area contributed by atoms with Crippen molar-refractivity contribution in [2.45, 2.75) is 12.5 Å². The summed E-state index contributed by atoms with van der Waals surface area (Å²) in [6.07, 6.45) is 1.59. The summed E-state index contributed by atoms with van der Waals surface area (Å²) >= 11 is 0. The first-order chi connectivity index (χ1) is 5.74. The van der Waals surface area contributed by atoms with Crippen LogP contribution >= 0.6 is 0 Å². The molecule has 0 radical (unpaired) electrons. The van der Waals surface area contributed by atoms with Crippen LogP contribution in [0.15, 0.2) is 36.9 Å². The fourth-order valence-corrected chi connectivity index (χ4v) is 1.03. The molecule has 0 fully saturated rings. The Bertz CT molecular complexity index is 268. The van der Waals surface area contributed by atoms with Crippen LogP contribution in [0.5, 0.6) is 5.75 Å². The largest absolute Gasteiger partial charge is 0.508 e. The Morgan fingerprint density at radius 2 is 2.25 bits per heavy atom. The van der Waals surface area contributed by atoms with Gasteiger partial charge in [-0.05, 0) is 24.1 Å². The Labute approximate surface area is 71.8 Å². The molecule has 0 bridgehead atoms. The van der Waals surface area contributed by atoms with Crippen LogP contribution in [-0.2, 0) is 0 Å². The molecule has 0 amide bonds. The highest BCUT2D eigenvalue weighted by Crippen LogP contribution is 2.20. The van der Waals surface area contributed by atoms with Crippen molar-refractivity contribution in [1.82, 2.24) is 0 Å². The van der Waals surface area contributed by atoms with Gasteiger partial charge in [0.15, 0.2) is 0 Å². The number of rotatable bonds is 3. The molecule has 0 aliphatic rings. The maximum atomic E-state index is 9.46. The van der Waals surface area contributed by atoms with Gasteiger partial charge < -0.3 is 10.2 Å². The van der Waals surface area contributed by atoms with Gasteiger partial charge in [-0.25, -0.2) is 0 Å². The lowest BCUT2D eigenvalue weighted by Crippen LogP contribution is -1.94. The number of phenolic OH excluding ortho intramolecular Hbond substituents is 1. The first-order valence-corrected chi connectivity index (χ1v) is 3.82. The standard InChI is InChI=1S/C10H12O2/c1-2-4-10(12)8-5-3-6-9(11)7-8/h2-3,5-7,10-12H,1,4H2. The predicted molar refractivity (Wildman–Crippen MR) is 47.9 cm³/mol. The summed E-state index contributed by atoms with van der Waals surface area (Å²) in [4.78, 5) is 0. The molecule has 0 saturated heterocycles. The maximum Gasteiger partial charge on any atom is 0.115 e. The molecule has 1 aromatic carbocycles. The van der Waals surface area contributed by atoms with E-state index in [0.717, 1.165) is 5.56 Å². The summed E-state index contributed by atoms with van der Waals surface area (Å²) in [7, 11) is 0. The molecule has 2 nitrogen and oxygen atoms in total. The lowest BCUT2D eigenvalue weighted by atomic mass is 10.1. The number of hydrogen-bond donors (Lipinski definition) is 2. The summed E-state index contributed by atoms with van der Waals surface area (Å²) in [5.41, 5.74) is 0.718. The number of phenols is 1. The predicted octanol–water partition coefficient (Wildman–Crippen LogP) is 2.00. The van der Waals surface area contributed by atoms with E-state index in [-0.39, 0.29) is 5.75 Å². The molecule has 0 spiro atoms. The average molecular weight is 164 g/mol. The van der Waals surface area contributed by atoms with Crippen LogP contribution in [-0.4, -0.2) is 10.2 Å². The van der Waals surface area contributed by atoms with E-state index in [4.69, 9.17) is 5.11 Å². The van der Waals surface area contributed by atoms with Crippen molar-refractivity contribution in [1.29, 1.82) is 0 Å². The van der Waals surface area contributed by atoms with Gasteiger partial charge in [0.2, 0.25) is 0 Å². The summed E-state index contributed by atoms with van der Waals surface area (Å²) < 4.78 is 0. The zero-order valence-electron chi connectivity index (χ0n) is 6.77. The molecule has 0 aliphatic carbocycles. The van der Waals surface area contributed by atoms with Gasteiger partial charge in [-0.2, -0.15) is 0 Å². The van der Waals surface area contributed by atoms with E-state index in [2.05, 4.69) is 6.58 Å². The van der Waals surface area contributed by atoms with Gasteiger partial charge in [0.05, 0.1) is 6.10 Å². The van der Waals surface area contributed by atoms with Crippen LogP contribution in [0.3, 0.4) is 0 Å². The minimum Gasteiger partial charge on any atom is -0.508 e. The van der Waals surface area contributed by atoms with Crippen molar-refractivity contribution in [3.8, 4) is 5.75 Å². The molecule has 2 heteroatoms. The fourth-order valence-electron chi connectivity index (χ4n) is 1.03. The van der Waals surface area contributed by atoms with E-state index < -0.39 is 6.10 Å². The monoisotopic (exact) mass is 164 g/mol. The smallest absolute Gasteiger partial charge is 0.115 e. The molecular weight excluding hydrogens is 152 g/mol. The summed E-state index contributed by atoms with van der Waals surface area (Å²) in [5.74, 6) is 0.176. The van der Waals surface area contributed by atoms with Crippen molar-refractivity contribution in [2.24, 2.45) is 0 Å². The third-order valence-corrected chi connectivity index (χ3v) is 1.64. The molecule has 0 saturated carbocycles. The van der Waals surface area contributed by atoms with Crippen LogP contribution in [0.4, 0.5) is 0 Å². The molecule has 64 valence electrons. The first-order valence-electron chi connectivity index (χ1n) is 3.82. The minimum atomic E-state index is -0.561. The van der Waals surface area contributed by atoms with Crippen molar-refractivity contribution >= 4 is 0 Å². The molecule has 0 aliphatic heterocycles. The van der Waals surface area contributed by atoms with E-state index in [1.165, 1.54) is 0 Å². The van der Waals surface area contributed by atoms with Crippen molar-refractivity contribution in [2.75, 3.05) is 0 Å². The van der Waals surface area contributed by atoms with Crippen LogP contribution in [0.1, 0.15) is 18.1 Å². The quantitative estimate of drug-likeness (QED) is 0.671. The van der Waals surface area contributed by atoms with Gasteiger partial charge in [-0.1, -0.05) is 18.2 Å². The molecule has 12 heavy (non-hydrogen) atoms. The summed E-state index contributed by atoms with van der Waals surface area (Å²) in [6, 6.07) is 6.60. The van der Waals surface area contributed by atoms with Crippen LogP contribution in [0.2, 0.25) is 0 Å². The lowest BCUT2D eigenvalue weighted by molar-refractivity contribution is 0.181. The molecule has 1 unspecified atom stereocenters. The van der Waals surface area contributed by atoms with Crippen molar-refractivity contribution < 1.29 is 10.2 Å². The van der Waals surface area contributed by atoms with Gasteiger partial charge in [-0.15, -0.1) is 6.58 Å². The second-order valence-corrected chi connectivity index (χ2v) is 2.64. The fraction of sp³-hybridized carbons (Fsp3) is 0.200. The van der Waals surface area contributed by atoms with E-state index in [1.54, 1.807) is 30.3 Å². The number of hydrogen-bond acceptors (Lipinski definition) is 2. The molecule has 1 rings (SSSR count). The third-order valence-electron chi connectivity index (χ3n) is 1.64. The van der Waals surface area contributed by atoms with Crippen LogP contribution in [0.25, 0.3) is 0 Å². The number of aliphatic hydroxyl groups is 1. The van der Waals surface area contributed by atoms with E-state index in [0.29, 0.717) is 6.42 Å². The molecule has 2 N–H and O–H groups in total. The zero-order valence-corrected chi connectivity index (χ0v) is 6.77. The SMILES string of the molecule is C=CCC(O)c1cccc(O)c1. The third kappa shape index (κ3) is 2.10. The Morgan fingerprint density at radius 1 is 1.50 bits per heavy atom. The van der Waals surface area contributed by atoms with Gasteiger partial charge >= 0.3 is 0 Å². The second-order valence-electron chi connectivity index (χ2n) is 2.64. The normalized spacial score (nSPS) is 12.4. The molecule has 0 aromatic heterocycles. The van der Waals surface area contributed by atoms with E-state index in [9.17, 15) is 5.11 Å². The van der Waals surface area contributed by atoms with Crippen molar-refractivity contribution in [3.63, 3.8) is 0 Å². The Kier molecular flexibility index (Phi) is 2.88. The molecular formula is C10H12O2.